The van der Waals surface area contributed by atoms with Gasteiger partial charge in [-0.1, -0.05) is 18.5 Å². The molecule has 8 heteroatoms. The summed E-state index contributed by atoms with van der Waals surface area (Å²) in [5, 5.41) is 0.709. The maximum Gasteiger partial charge on any atom is 0.227 e. The SMILES string of the molecule is COc1ccc(Cl)cc1CN1CCN(C(=O)C(C)C(C)N)CC1.Cl.Cl. The predicted molar refractivity (Wildman–Crippen MR) is 107 cm³/mol. The Balaban J connectivity index is 0.00000288. The first-order valence-electron chi connectivity index (χ1n) is 8.01. The lowest BCUT2D eigenvalue weighted by molar-refractivity contribution is -0.137. The molecule has 1 aromatic rings. The van der Waals surface area contributed by atoms with Gasteiger partial charge in [-0.05, 0) is 25.1 Å². The van der Waals surface area contributed by atoms with Gasteiger partial charge in [-0.25, -0.2) is 0 Å². The molecule has 1 aromatic carbocycles. The number of halogens is 3. The van der Waals surface area contributed by atoms with Crippen molar-refractivity contribution < 1.29 is 9.53 Å². The fourth-order valence-corrected chi connectivity index (χ4v) is 2.95. The van der Waals surface area contributed by atoms with Gasteiger partial charge in [0, 0.05) is 49.4 Å². The number of nitrogens with two attached hydrogens (primary N) is 1. The second-order valence-corrected chi connectivity index (χ2v) is 6.64. The van der Waals surface area contributed by atoms with Crippen LogP contribution in [0.5, 0.6) is 5.75 Å². The van der Waals surface area contributed by atoms with E-state index >= 15 is 0 Å². The summed E-state index contributed by atoms with van der Waals surface area (Å²) in [4.78, 5) is 16.6. The van der Waals surface area contributed by atoms with Crippen LogP contribution in [0.2, 0.25) is 5.02 Å². The van der Waals surface area contributed by atoms with Crippen LogP contribution >= 0.6 is 36.4 Å². The van der Waals surface area contributed by atoms with E-state index in [0.29, 0.717) is 5.02 Å². The number of amides is 1. The highest BCUT2D eigenvalue weighted by Crippen LogP contribution is 2.24. The van der Waals surface area contributed by atoms with Crippen LogP contribution in [-0.2, 0) is 11.3 Å². The van der Waals surface area contributed by atoms with Gasteiger partial charge in [0.2, 0.25) is 5.91 Å². The van der Waals surface area contributed by atoms with Crippen molar-refractivity contribution in [2.45, 2.75) is 26.4 Å². The smallest absolute Gasteiger partial charge is 0.227 e. The average molecular weight is 413 g/mol. The number of methoxy groups -OCH3 is 1. The van der Waals surface area contributed by atoms with Crippen LogP contribution < -0.4 is 10.5 Å². The summed E-state index contributed by atoms with van der Waals surface area (Å²) >= 11 is 6.08. The Morgan fingerprint density at radius 3 is 2.36 bits per heavy atom. The molecular weight excluding hydrogens is 385 g/mol. The number of ether oxygens (including phenoxy) is 1. The van der Waals surface area contributed by atoms with Crippen molar-refractivity contribution in [1.29, 1.82) is 0 Å². The van der Waals surface area contributed by atoms with Crippen molar-refractivity contribution in [1.82, 2.24) is 9.80 Å². The highest BCUT2D eigenvalue weighted by Gasteiger charge is 2.26. The Bertz CT molecular complexity index is 550. The number of nitrogens with zero attached hydrogens (tertiary/aromatic N) is 2. The zero-order valence-electron chi connectivity index (χ0n) is 14.9. The minimum atomic E-state index is -0.130. The molecule has 0 bridgehead atoms. The summed E-state index contributed by atoms with van der Waals surface area (Å²) in [5.41, 5.74) is 6.91. The quantitative estimate of drug-likeness (QED) is 0.808. The van der Waals surface area contributed by atoms with Crippen LogP contribution in [0.25, 0.3) is 0 Å². The maximum absolute atomic E-state index is 12.3. The van der Waals surface area contributed by atoms with E-state index in [4.69, 9.17) is 22.1 Å². The van der Waals surface area contributed by atoms with E-state index in [0.717, 1.165) is 44.0 Å². The van der Waals surface area contributed by atoms with Crippen LogP contribution in [0, 0.1) is 5.92 Å². The molecule has 2 unspecified atom stereocenters. The van der Waals surface area contributed by atoms with E-state index < -0.39 is 0 Å². The van der Waals surface area contributed by atoms with E-state index in [1.54, 1.807) is 7.11 Å². The highest BCUT2D eigenvalue weighted by molar-refractivity contribution is 6.30. The van der Waals surface area contributed by atoms with Crippen LogP contribution in [0.15, 0.2) is 18.2 Å². The molecule has 0 aliphatic carbocycles. The molecule has 2 rings (SSSR count). The maximum atomic E-state index is 12.3. The number of hydrogen-bond donors (Lipinski definition) is 1. The molecule has 144 valence electrons. The standard InChI is InChI=1S/C17H26ClN3O2.2ClH/c1-12(13(2)19)17(22)21-8-6-20(7-9-21)11-14-10-15(18)4-5-16(14)23-3;;/h4-5,10,12-13H,6-9,11,19H2,1-3H3;2*1H. The molecule has 2 N–H and O–H groups in total. The summed E-state index contributed by atoms with van der Waals surface area (Å²) in [6, 6.07) is 5.55. The summed E-state index contributed by atoms with van der Waals surface area (Å²) in [7, 11) is 1.67. The van der Waals surface area contributed by atoms with E-state index in [2.05, 4.69) is 4.90 Å². The summed E-state index contributed by atoms with van der Waals surface area (Å²) in [6.07, 6.45) is 0. The third kappa shape index (κ3) is 6.50. The molecule has 1 saturated heterocycles. The molecule has 2 atom stereocenters. The van der Waals surface area contributed by atoms with Gasteiger partial charge in [-0.2, -0.15) is 0 Å². The molecule has 1 fully saturated rings. The lowest BCUT2D eigenvalue weighted by atomic mass is 10.0. The van der Waals surface area contributed by atoms with Crippen molar-refractivity contribution in [3.05, 3.63) is 28.8 Å². The molecule has 0 radical (unpaired) electrons. The van der Waals surface area contributed by atoms with Crippen molar-refractivity contribution in [2.75, 3.05) is 33.3 Å². The minimum absolute atomic E-state index is 0. The fraction of sp³-hybridized carbons (Fsp3) is 0.588. The van der Waals surface area contributed by atoms with Crippen molar-refractivity contribution >= 4 is 42.3 Å². The fourth-order valence-electron chi connectivity index (χ4n) is 2.75. The monoisotopic (exact) mass is 411 g/mol. The van der Waals surface area contributed by atoms with E-state index in [1.807, 2.05) is 36.9 Å². The highest BCUT2D eigenvalue weighted by atomic mass is 35.5. The molecule has 5 nitrogen and oxygen atoms in total. The summed E-state index contributed by atoms with van der Waals surface area (Å²) in [6.45, 7) is 7.70. The van der Waals surface area contributed by atoms with Crippen LogP contribution in [0.3, 0.4) is 0 Å². The average Bonchev–Trinajstić information content (AvgIpc) is 2.54. The Hall–Kier alpha value is -0.720. The topological polar surface area (TPSA) is 58.8 Å². The van der Waals surface area contributed by atoms with E-state index in [1.165, 1.54) is 0 Å². The lowest BCUT2D eigenvalue weighted by Crippen LogP contribution is -2.51. The zero-order chi connectivity index (χ0) is 17.0. The van der Waals surface area contributed by atoms with E-state index in [-0.39, 0.29) is 42.7 Å². The first kappa shape index (κ1) is 24.3. The Kier molecular flexibility index (Phi) is 10.8. The lowest BCUT2D eigenvalue weighted by Gasteiger charge is -2.36. The molecule has 0 spiro atoms. The van der Waals surface area contributed by atoms with Crippen LogP contribution in [0.4, 0.5) is 0 Å². The Labute approximate surface area is 167 Å². The third-order valence-corrected chi connectivity index (χ3v) is 4.73. The van der Waals surface area contributed by atoms with Crippen LogP contribution in [0.1, 0.15) is 19.4 Å². The molecule has 1 aliphatic rings. The molecule has 1 aliphatic heterocycles. The summed E-state index contributed by atoms with van der Waals surface area (Å²) < 4.78 is 5.40. The molecule has 25 heavy (non-hydrogen) atoms. The second kappa shape index (κ2) is 11.1. The third-order valence-electron chi connectivity index (χ3n) is 4.50. The number of carbonyl (C=O) groups excluding carboxylic acids is 1. The predicted octanol–water partition coefficient (Wildman–Crippen LogP) is 2.82. The number of piperazine rings is 1. The van der Waals surface area contributed by atoms with Gasteiger partial charge >= 0.3 is 0 Å². The van der Waals surface area contributed by atoms with Gasteiger partial charge in [0.05, 0.1) is 13.0 Å². The molecule has 0 aromatic heterocycles. The Morgan fingerprint density at radius 1 is 1.24 bits per heavy atom. The van der Waals surface area contributed by atoms with Crippen molar-refractivity contribution in [3.63, 3.8) is 0 Å². The normalized spacial score (nSPS) is 17.1. The first-order valence-corrected chi connectivity index (χ1v) is 8.39. The van der Waals surface area contributed by atoms with Gasteiger partial charge in [-0.15, -0.1) is 24.8 Å². The second-order valence-electron chi connectivity index (χ2n) is 6.21. The van der Waals surface area contributed by atoms with Gasteiger partial charge in [-0.3, -0.25) is 9.69 Å². The minimum Gasteiger partial charge on any atom is -0.496 e. The number of rotatable bonds is 5. The summed E-state index contributed by atoms with van der Waals surface area (Å²) in [5.74, 6) is 0.869. The molecule has 1 heterocycles. The van der Waals surface area contributed by atoms with Crippen LogP contribution in [-0.4, -0.2) is 55.0 Å². The zero-order valence-corrected chi connectivity index (χ0v) is 17.3. The Morgan fingerprint density at radius 2 is 1.84 bits per heavy atom. The van der Waals surface area contributed by atoms with Crippen molar-refractivity contribution in [2.24, 2.45) is 11.7 Å². The number of hydrogen-bond acceptors (Lipinski definition) is 4. The molecular formula is C17H28Cl3N3O2. The van der Waals surface area contributed by atoms with E-state index in [9.17, 15) is 4.79 Å². The molecule has 0 saturated carbocycles. The largest absolute Gasteiger partial charge is 0.496 e. The van der Waals surface area contributed by atoms with Gasteiger partial charge < -0.3 is 15.4 Å². The van der Waals surface area contributed by atoms with Crippen molar-refractivity contribution in [3.8, 4) is 5.75 Å². The first-order chi connectivity index (χ1) is 10.9. The van der Waals surface area contributed by atoms with Gasteiger partial charge in [0.25, 0.3) is 0 Å². The van der Waals surface area contributed by atoms with Gasteiger partial charge in [0.15, 0.2) is 0 Å². The number of benzene rings is 1. The molecule has 1 amide bonds. The number of carbonyl (C=O) groups is 1. The van der Waals surface area contributed by atoms with Gasteiger partial charge in [0.1, 0.15) is 5.75 Å².